The van der Waals surface area contributed by atoms with E-state index >= 15 is 0 Å². The van der Waals surface area contributed by atoms with Gasteiger partial charge in [0.05, 0.1) is 0 Å². The van der Waals surface area contributed by atoms with Crippen LogP contribution in [0.15, 0.2) is 53.1 Å². The monoisotopic (exact) mass is 502 g/mol. The standard InChI is InChI=1S/C30H35FN4O2/c1-21-32-30(34-37-21)26-9-8-23-15-18-35(19-16-25(23)20-26)17-14-22-6-11-27(12-7-22)33-29(36)13-10-24-4-2-3-5-28(24)31/h2-5,8-10,13,20,22,27H,6-7,11-12,14-19H2,1H3,(H,33,36)/b13-10+. The molecular weight excluding hydrogens is 467 g/mol. The Labute approximate surface area is 218 Å². The molecule has 6 nitrogen and oxygen atoms in total. The smallest absolute Gasteiger partial charge is 0.244 e. The Kier molecular flexibility index (Phi) is 8.09. The van der Waals surface area contributed by atoms with Crippen molar-refractivity contribution in [1.29, 1.82) is 0 Å². The van der Waals surface area contributed by atoms with Gasteiger partial charge in [-0.05, 0) is 86.7 Å². The molecule has 3 aromatic rings. The van der Waals surface area contributed by atoms with Gasteiger partial charge in [0.15, 0.2) is 0 Å². The molecule has 1 aromatic heterocycles. The Morgan fingerprint density at radius 3 is 2.65 bits per heavy atom. The number of hydrogen-bond donors (Lipinski definition) is 1. The lowest BCUT2D eigenvalue weighted by atomic mass is 9.84. The van der Waals surface area contributed by atoms with Crippen LogP contribution in [0, 0.1) is 18.7 Å². The van der Waals surface area contributed by atoms with Gasteiger partial charge in [-0.15, -0.1) is 0 Å². The van der Waals surface area contributed by atoms with Crippen LogP contribution in [0.5, 0.6) is 0 Å². The van der Waals surface area contributed by atoms with Gasteiger partial charge in [0.1, 0.15) is 5.82 Å². The van der Waals surface area contributed by atoms with E-state index in [0.29, 0.717) is 23.2 Å². The summed E-state index contributed by atoms with van der Waals surface area (Å²) in [5, 5.41) is 7.16. The van der Waals surface area contributed by atoms with Gasteiger partial charge in [0, 0.05) is 43.3 Å². The minimum Gasteiger partial charge on any atom is -0.350 e. The van der Waals surface area contributed by atoms with Crippen LogP contribution in [0.4, 0.5) is 4.39 Å². The highest BCUT2D eigenvalue weighted by Gasteiger charge is 2.23. The third-order valence-corrected chi connectivity index (χ3v) is 7.75. The fourth-order valence-electron chi connectivity index (χ4n) is 5.54. The van der Waals surface area contributed by atoms with Gasteiger partial charge in [0.2, 0.25) is 17.6 Å². The molecule has 1 fully saturated rings. The average molecular weight is 503 g/mol. The summed E-state index contributed by atoms with van der Waals surface area (Å²) in [5.74, 6) is 1.50. The first-order valence-electron chi connectivity index (χ1n) is 13.4. The van der Waals surface area contributed by atoms with E-state index in [9.17, 15) is 9.18 Å². The number of nitrogens with zero attached hydrogens (tertiary/aromatic N) is 3. The van der Waals surface area contributed by atoms with E-state index in [-0.39, 0.29) is 17.8 Å². The van der Waals surface area contributed by atoms with E-state index in [1.165, 1.54) is 29.7 Å². The molecule has 0 spiro atoms. The lowest BCUT2D eigenvalue weighted by molar-refractivity contribution is -0.117. The zero-order chi connectivity index (χ0) is 25.6. The second-order valence-corrected chi connectivity index (χ2v) is 10.3. The molecule has 37 heavy (non-hydrogen) atoms. The van der Waals surface area contributed by atoms with Gasteiger partial charge in [-0.2, -0.15) is 4.98 Å². The van der Waals surface area contributed by atoms with Crippen LogP contribution in [0.2, 0.25) is 0 Å². The van der Waals surface area contributed by atoms with Gasteiger partial charge < -0.3 is 14.7 Å². The molecule has 1 saturated carbocycles. The van der Waals surface area contributed by atoms with Crippen LogP contribution in [-0.2, 0) is 17.6 Å². The maximum atomic E-state index is 13.7. The SMILES string of the molecule is Cc1nc(-c2ccc3c(c2)CCN(CCC2CCC(NC(=O)/C=C/c4ccccc4F)CC2)CC3)no1. The van der Waals surface area contributed by atoms with Crippen molar-refractivity contribution < 1.29 is 13.7 Å². The molecule has 0 unspecified atom stereocenters. The molecule has 0 saturated heterocycles. The van der Waals surface area contributed by atoms with Crippen LogP contribution in [-0.4, -0.2) is 46.6 Å². The summed E-state index contributed by atoms with van der Waals surface area (Å²) in [5.41, 5.74) is 4.27. The lowest BCUT2D eigenvalue weighted by Gasteiger charge is -2.30. The number of aromatic nitrogens is 2. The molecule has 1 aliphatic heterocycles. The molecule has 1 N–H and O–H groups in total. The first kappa shape index (κ1) is 25.3. The van der Waals surface area contributed by atoms with Crippen molar-refractivity contribution in [3.8, 4) is 11.4 Å². The molecule has 7 heteroatoms. The predicted octanol–water partition coefficient (Wildman–Crippen LogP) is 5.36. The summed E-state index contributed by atoms with van der Waals surface area (Å²) in [6.45, 7) is 5.10. The maximum Gasteiger partial charge on any atom is 0.244 e. The third kappa shape index (κ3) is 6.72. The van der Waals surface area contributed by atoms with Crippen LogP contribution < -0.4 is 5.32 Å². The van der Waals surface area contributed by atoms with E-state index in [1.807, 2.05) is 6.92 Å². The average Bonchev–Trinajstić information content (AvgIpc) is 3.24. The molecule has 0 atom stereocenters. The fraction of sp³-hybridized carbons (Fsp3) is 0.433. The summed E-state index contributed by atoms with van der Waals surface area (Å²) >= 11 is 0. The topological polar surface area (TPSA) is 71.3 Å². The highest BCUT2D eigenvalue weighted by molar-refractivity contribution is 5.91. The Hall–Kier alpha value is -3.32. The number of fused-ring (bicyclic) bond motifs is 1. The molecular formula is C30H35FN4O2. The number of hydrogen-bond acceptors (Lipinski definition) is 5. The summed E-state index contributed by atoms with van der Waals surface area (Å²) in [7, 11) is 0. The molecule has 2 aromatic carbocycles. The van der Waals surface area contributed by atoms with Crippen LogP contribution in [0.25, 0.3) is 17.5 Å². The second kappa shape index (κ2) is 11.8. The highest BCUT2D eigenvalue weighted by atomic mass is 19.1. The van der Waals surface area contributed by atoms with Crippen molar-refractivity contribution in [2.75, 3.05) is 19.6 Å². The zero-order valence-electron chi connectivity index (χ0n) is 21.5. The lowest BCUT2D eigenvalue weighted by Crippen LogP contribution is -2.37. The zero-order valence-corrected chi connectivity index (χ0v) is 21.5. The highest BCUT2D eigenvalue weighted by Crippen LogP contribution is 2.28. The van der Waals surface area contributed by atoms with Crippen LogP contribution in [0.1, 0.15) is 54.7 Å². The molecule has 194 valence electrons. The number of amides is 1. The molecule has 1 amide bonds. The van der Waals surface area contributed by atoms with Crippen molar-refractivity contribution in [1.82, 2.24) is 20.4 Å². The van der Waals surface area contributed by atoms with E-state index in [1.54, 1.807) is 24.3 Å². The van der Waals surface area contributed by atoms with E-state index < -0.39 is 0 Å². The summed E-state index contributed by atoms with van der Waals surface area (Å²) in [6, 6.07) is 13.2. The minimum absolute atomic E-state index is 0.145. The van der Waals surface area contributed by atoms with Gasteiger partial charge >= 0.3 is 0 Å². The quantitative estimate of drug-likeness (QED) is 0.440. The maximum absolute atomic E-state index is 13.7. The van der Waals surface area contributed by atoms with E-state index in [2.05, 4.69) is 38.6 Å². The molecule has 2 aliphatic rings. The minimum atomic E-state index is -0.316. The number of rotatable bonds is 7. The Balaban J connectivity index is 1.04. The molecule has 1 aliphatic carbocycles. The normalized spacial score (nSPS) is 20.5. The molecule has 5 rings (SSSR count). The first-order valence-corrected chi connectivity index (χ1v) is 13.4. The van der Waals surface area contributed by atoms with Crippen molar-refractivity contribution in [3.05, 3.63) is 76.9 Å². The number of carbonyl (C=O) groups is 1. The summed E-state index contributed by atoms with van der Waals surface area (Å²) < 4.78 is 18.9. The van der Waals surface area contributed by atoms with Crippen molar-refractivity contribution >= 4 is 12.0 Å². The van der Waals surface area contributed by atoms with E-state index in [4.69, 9.17) is 4.52 Å². The van der Waals surface area contributed by atoms with Gasteiger partial charge in [-0.3, -0.25) is 4.79 Å². The molecule has 0 radical (unpaired) electrons. The third-order valence-electron chi connectivity index (χ3n) is 7.75. The van der Waals surface area contributed by atoms with Crippen molar-refractivity contribution in [2.45, 2.75) is 57.9 Å². The number of aryl methyl sites for hydroxylation is 1. The fourth-order valence-corrected chi connectivity index (χ4v) is 5.54. The van der Waals surface area contributed by atoms with Gasteiger partial charge in [-0.1, -0.05) is 35.5 Å². The van der Waals surface area contributed by atoms with Crippen LogP contribution >= 0.6 is 0 Å². The number of halogens is 1. The number of carbonyl (C=O) groups excluding carboxylic acids is 1. The molecule has 2 heterocycles. The predicted molar refractivity (Wildman–Crippen MR) is 142 cm³/mol. The number of nitrogens with one attached hydrogen (secondary N) is 1. The largest absolute Gasteiger partial charge is 0.350 e. The number of benzene rings is 2. The Bertz CT molecular complexity index is 1250. The van der Waals surface area contributed by atoms with Crippen molar-refractivity contribution in [3.63, 3.8) is 0 Å². The molecule has 0 bridgehead atoms. The summed E-state index contributed by atoms with van der Waals surface area (Å²) in [4.78, 5) is 19.3. The summed E-state index contributed by atoms with van der Waals surface area (Å²) in [6.07, 6.45) is 10.6. The van der Waals surface area contributed by atoms with Crippen molar-refractivity contribution in [2.24, 2.45) is 5.92 Å². The van der Waals surface area contributed by atoms with Gasteiger partial charge in [0.25, 0.3) is 0 Å². The second-order valence-electron chi connectivity index (χ2n) is 10.3. The van der Waals surface area contributed by atoms with E-state index in [0.717, 1.165) is 63.7 Å². The first-order chi connectivity index (χ1) is 18.0. The van der Waals surface area contributed by atoms with Gasteiger partial charge in [-0.25, -0.2) is 4.39 Å². The Morgan fingerprint density at radius 1 is 1.11 bits per heavy atom. The Morgan fingerprint density at radius 2 is 1.89 bits per heavy atom. The van der Waals surface area contributed by atoms with Crippen LogP contribution in [0.3, 0.4) is 0 Å².